The van der Waals surface area contributed by atoms with Crippen molar-refractivity contribution in [2.24, 2.45) is 0 Å². The predicted octanol–water partition coefficient (Wildman–Crippen LogP) is 0.972. The normalized spacial score (nSPS) is 25.4. The van der Waals surface area contributed by atoms with E-state index in [1.165, 1.54) is 12.8 Å². The summed E-state index contributed by atoms with van der Waals surface area (Å²) in [5, 5.41) is 7.83. The van der Waals surface area contributed by atoms with E-state index in [1.807, 2.05) is 0 Å². The average Bonchev–Trinajstić information content (AvgIpc) is 2.07. The second kappa shape index (κ2) is 5.81. The Morgan fingerprint density at radius 3 is 3.00 bits per heavy atom. The molecule has 0 saturated carbocycles. The van der Waals surface area contributed by atoms with Gasteiger partial charge in [-0.2, -0.15) is 0 Å². The van der Waals surface area contributed by atoms with Gasteiger partial charge in [-0.05, 0) is 12.8 Å². The molecular weight excluding hydrogens is 160 g/mol. The number of hydrogen-bond donors (Lipinski definition) is 1. The summed E-state index contributed by atoms with van der Waals surface area (Å²) >= 11 is 5.57. The summed E-state index contributed by atoms with van der Waals surface area (Å²) in [4.78, 5) is 0. The Bertz CT molecular complexity index is 92.1. The Morgan fingerprint density at radius 2 is 2.36 bits per heavy atom. The summed E-state index contributed by atoms with van der Waals surface area (Å²) in [6.45, 7) is 3.12. The Balaban J connectivity index is 1.96. The molecule has 2 nitrogen and oxygen atoms in total. The number of nitrogens with zero attached hydrogens (tertiary/aromatic N) is 1. The fourth-order valence-electron chi connectivity index (χ4n) is 1.33. The van der Waals surface area contributed by atoms with Crippen LogP contribution in [0.1, 0.15) is 19.3 Å². The van der Waals surface area contributed by atoms with Crippen LogP contribution in [-0.4, -0.2) is 31.6 Å². The quantitative estimate of drug-likeness (QED) is 0.500. The lowest BCUT2D eigenvalue weighted by Gasteiger charge is -2.22. The number of rotatable bonds is 4. The van der Waals surface area contributed by atoms with Crippen LogP contribution in [0.15, 0.2) is 0 Å². The summed E-state index contributed by atoms with van der Waals surface area (Å²) in [5.74, 6) is 0.792. The summed E-state index contributed by atoms with van der Waals surface area (Å²) in [7, 11) is 0. The smallest absolute Gasteiger partial charge is 0.0371 e. The van der Waals surface area contributed by atoms with Crippen molar-refractivity contribution in [3.05, 3.63) is 0 Å². The van der Waals surface area contributed by atoms with E-state index in [0.717, 1.165) is 31.9 Å². The molecule has 3 heteroatoms. The molecular formula is C8H16ClN2. The molecule has 1 atom stereocenters. The monoisotopic (exact) mass is 175 g/mol. The van der Waals surface area contributed by atoms with Gasteiger partial charge in [0.1, 0.15) is 0 Å². The van der Waals surface area contributed by atoms with E-state index in [4.69, 9.17) is 11.6 Å². The molecule has 1 aliphatic heterocycles. The van der Waals surface area contributed by atoms with E-state index in [0.29, 0.717) is 6.04 Å². The van der Waals surface area contributed by atoms with Gasteiger partial charge in [0.25, 0.3) is 0 Å². The Hall–Kier alpha value is 0.210. The highest BCUT2D eigenvalue weighted by Gasteiger charge is 2.11. The SMILES string of the molecule is ClCCCCC1CNCC[N]1. The van der Waals surface area contributed by atoms with Crippen LogP contribution in [0.4, 0.5) is 0 Å². The maximum Gasteiger partial charge on any atom is 0.0371 e. The van der Waals surface area contributed by atoms with Gasteiger partial charge in [-0.3, -0.25) is 0 Å². The van der Waals surface area contributed by atoms with Gasteiger partial charge in [-0.25, -0.2) is 5.32 Å². The average molecular weight is 176 g/mol. The minimum Gasteiger partial charge on any atom is -0.314 e. The number of halogens is 1. The number of unbranched alkanes of at least 4 members (excludes halogenated alkanes) is 1. The first-order valence-corrected chi connectivity index (χ1v) is 4.90. The standard InChI is InChI=1S/C8H16ClN2/c9-4-2-1-3-8-7-10-5-6-11-8/h8,10H,1-7H2. The first kappa shape index (κ1) is 9.30. The molecule has 0 aromatic rings. The zero-order valence-corrected chi connectivity index (χ0v) is 7.61. The van der Waals surface area contributed by atoms with Crippen LogP contribution in [0.3, 0.4) is 0 Å². The van der Waals surface area contributed by atoms with Gasteiger partial charge in [0.15, 0.2) is 0 Å². The van der Waals surface area contributed by atoms with Crippen LogP contribution in [0.5, 0.6) is 0 Å². The van der Waals surface area contributed by atoms with Crippen molar-refractivity contribution in [1.82, 2.24) is 10.6 Å². The van der Waals surface area contributed by atoms with Crippen molar-refractivity contribution in [2.75, 3.05) is 25.5 Å². The summed E-state index contributed by atoms with van der Waals surface area (Å²) in [6, 6.07) is 0.562. The molecule has 11 heavy (non-hydrogen) atoms. The molecule has 1 fully saturated rings. The number of nitrogens with one attached hydrogen (secondary N) is 1. The van der Waals surface area contributed by atoms with E-state index in [1.54, 1.807) is 0 Å². The fourth-order valence-corrected chi connectivity index (χ4v) is 1.52. The van der Waals surface area contributed by atoms with Crippen LogP contribution in [0.2, 0.25) is 0 Å². The molecule has 0 aromatic carbocycles. The van der Waals surface area contributed by atoms with Crippen LogP contribution >= 0.6 is 11.6 Å². The van der Waals surface area contributed by atoms with E-state index in [2.05, 4.69) is 10.6 Å². The molecule has 0 amide bonds. The fraction of sp³-hybridized carbons (Fsp3) is 1.00. The summed E-state index contributed by atoms with van der Waals surface area (Å²) in [5.41, 5.74) is 0. The van der Waals surface area contributed by atoms with E-state index in [9.17, 15) is 0 Å². The zero-order chi connectivity index (χ0) is 7.94. The Labute approximate surface area is 73.7 Å². The second-order valence-electron chi connectivity index (χ2n) is 2.95. The van der Waals surface area contributed by atoms with Gasteiger partial charge in [0, 0.05) is 31.6 Å². The van der Waals surface area contributed by atoms with Gasteiger partial charge >= 0.3 is 0 Å². The van der Waals surface area contributed by atoms with Gasteiger partial charge < -0.3 is 5.32 Å². The zero-order valence-electron chi connectivity index (χ0n) is 6.85. The molecule has 0 bridgehead atoms. The molecule has 0 aromatic heterocycles. The van der Waals surface area contributed by atoms with Crippen molar-refractivity contribution in [1.29, 1.82) is 0 Å². The highest BCUT2D eigenvalue weighted by atomic mass is 35.5. The summed E-state index contributed by atoms with van der Waals surface area (Å²) in [6.07, 6.45) is 3.56. The minimum absolute atomic E-state index is 0.562. The van der Waals surface area contributed by atoms with Gasteiger partial charge in [-0.15, -0.1) is 11.6 Å². The third-order valence-corrected chi connectivity index (χ3v) is 2.24. The van der Waals surface area contributed by atoms with Crippen molar-refractivity contribution < 1.29 is 0 Å². The van der Waals surface area contributed by atoms with Crippen LogP contribution in [0, 0.1) is 0 Å². The molecule has 1 heterocycles. The van der Waals surface area contributed by atoms with Crippen LogP contribution in [0.25, 0.3) is 0 Å². The summed E-state index contributed by atoms with van der Waals surface area (Å²) < 4.78 is 0. The van der Waals surface area contributed by atoms with Crippen molar-refractivity contribution >= 4 is 11.6 Å². The minimum atomic E-state index is 0.562. The van der Waals surface area contributed by atoms with Gasteiger partial charge in [0.05, 0.1) is 0 Å². The highest BCUT2D eigenvalue weighted by Crippen LogP contribution is 2.03. The van der Waals surface area contributed by atoms with Crippen LogP contribution in [-0.2, 0) is 0 Å². The topological polar surface area (TPSA) is 26.1 Å². The number of hydrogen-bond acceptors (Lipinski definition) is 1. The van der Waals surface area contributed by atoms with Gasteiger partial charge in [-0.1, -0.05) is 6.42 Å². The van der Waals surface area contributed by atoms with E-state index < -0.39 is 0 Å². The number of piperazine rings is 1. The molecule has 1 unspecified atom stereocenters. The van der Waals surface area contributed by atoms with Crippen LogP contribution < -0.4 is 10.6 Å². The molecule has 65 valence electrons. The maximum absolute atomic E-state index is 5.57. The molecule has 1 saturated heterocycles. The molecule has 1 radical (unpaired) electrons. The Kier molecular flexibility index (Phi) is 4.91. The highest BCUT2D eigenvalue weighted by molar-refractivity contribution is 6.17. The van der Waals surface area contributed by atoms with Crippen molar-refractivity contribution in [2.45, 2.75) is 25.3 Å². The van der Waals surface area contributed by atoms with E-state index in [-0.39, 0.29) is 0 Å². The lowest BCUT2D eigenvalue weighted by atomic mass is 10.1. The van der Waals surface area contributed by atoms with E-state index >= 15 is 0 Å². The second-order valence-corrected chi connectivity index (χ2v) is 3.33. The lowest BCUT2D eigenvalue weighted by Crippen LogP contribution is -2.43. The maximum atomic E-state index is 5.57. The molecule has 0 aliphatic carbocycles. The number of alkyl halides is 1. The third-order valence-electron chi connectivity index (χ3n) is 1.98. The third kappa shape index (κ3) is 3.94. The molecule has 1 N–H and O–H groups in total. The predicted molar refractivity (Wildman–Crippen MR) is 48.2 cm³/mol. The van der Waals surface area contributed by atoms with Crippen molar-refractivity contribution in [3.8, 4) is 0 Å². The first-order valence-electron chi connectivity index (χ1n) is 4.37. The van der Waals surface area contributed by atoms with Crippen molar-refractivity contribution in [3.63, 3.8) is 0 Å². The molecule has 0 spiro atoms. The lowest BCUT2D eigenvalue weighted by molar-refractivity contribution is 0.384. The largest absolute Gasteiger partial charge is 0.314 e. The molecule has 1 rings (SSSR count). The molecule has 1 aliphatic rings. The Morgan fingerprint density at radius 1 is 1.45 bits per heavy atom. The van der Waals surface area contributed by atoms with Gasteiger partial charge in [0.2, 0.25) is 0 Å². The first-order chi connectivity index (χ1) is 5.43.